The monoisotopic (exact) mass is 422 g/mol. The van der Waals surface area contributed by atoms with Gasteiger partial charge in [0, 0.05) is 23.7 Å². The van der Waals surface area contributed by atoms with E-state index in [1.165, 1.54) is 15.9 Å². The highest BCUT2D eigenvalue weighted by molar-refractivity contribution is 7.92. The van der Waals surface area contributed by atoms with Gasteiger partial charge in [0.05, 0.1) is 11.9 Å². The zero-order valence-corrected chi connectivity index (χ0v) is 17.5. The highest BCUT2D eigenvalue weighted by atomic mass is 35.5. The maximum atomic E-state index is 12.7. The second-order valence-electron chi connectivity index (χ2n) is 7.11. The van der Waals surface area contributed by atoms with Crippen molar-refractivity contribution in [1.82, 2.24) is 0 Å². The van der Waals surface area contributed by atoms with Crippen LogP contribution >= 0.6 is 11.6 Å². The Morgan fingerprint density at radius 3 is 2.50 bits per heavy atom. The lowest BCUT2D eigenvalue weighted by atomic mass is 10.0. The van der Waals surface area contributed by atoms with E-state index in [4.69, 9.17) is 16.3 Å². The number of benzene rings is 2. The molecule has 2 aromatic carbocycles. The van der Waals surface area contributed by atoms with E-state index in [0.717, 1.165) is 6.26 Å². The molecular formula is C20H23ClN2O4S. The van der Waals surface area contributed by atoms with Crippen LogP contribution in [0.5, 0.6) is 5.75 Å². The number of halogens is 1. The molecule has 150 valence electrons. The van der Waals surface area contributed by atoms with Gasteiger partial charge in [-0.3, -0.25) is 9.10 Å². The normalized spacial score (nSPS) is 16.9. The van der Waals surface area contributed by atoms with E-state index in [9.17, 15) is 13.2 Å². The van der Waals surface area contributed by atoms with E-state index in [1.54, 1.807) is 12.1 Å². The lowest BCUT2D eigenvalue weighted by Crippen LogP contribution is -2.35. The Morgan fingerprint density at radius 2 is 1.89 bits per heavy atom. The first-order valence-corrected chi connectivity index (χ1v) is 11.2. The van der Waals surface area contributed by atoms with Crippen LogP contribution < -0.4 is 14.4 Å². The number of anilines is 2. The first-order chi connectivity index (χ1) is 13.1. The quantitative estimate of drug-likeness (QED) is 0.807. The Labute approximate surface area is 170 Å². The molecule has 0 aromatic heterocycles. The second kappa shape index (κ2) is 8.01. The van der Waals surface area contributed by atoms with E-state index < -0.39 is 16.1 Å². The average Bonchev–Trinajstić information content (AvgIpc) is 2.81. The molecule has 3 rings (SSSR count). The smallest absolute Gasteiger partial charge is 0.265 e. The Bertz CT molecular complexity index is 974. The van der Waals surface area contributed by atoms with Gasteiger partial charge in [-0.25, -0.2) is 8.42 Å². The van der Waals surface area contributed by atoms with Crippen LogP contribution in [-0.4, -0.2) is 33.2 Å². The largest absolute Gasteiger partial charge is 0.478 e. The van der Waals surface area contributed by atoms with Gasteiger partial charge < -0.3 is 10.1 Å². The van der Waals surface area contributed by atoms with E-state index in [0.29, 0.717) is 28.1 Å². The minimum Gasteiger partial charge on any atom is -0.478 e. The van der Waals surface area contributed by atoms with Crippen LogP contribution in [0.4, 0.5) is 11.4 Å². The summed E-state index contributed by atoms with van der Waals surface area (Å²) in [5, 5.41) is 3.24. The Morgan fingerprint density at radius 1 is 1.21 bits per heavy atom. The van der Waals surface area contributed by atoms with Crippen LogP contribution in [0.1, 0.15) is 31.7 Å². The van der Waals surface area contributed by atoms with Crippen molar-refractivity contribution in [2.24, 2.45) is 0 Å². The highest BCUT2D eigenvalue weighted by Gasteiger charge is 2.31. The van der Waals surface area contributed by atoms with Crippen molar-refractivity contribution in [2.45, 2.75) is 32.3 Å². The van der Waals surface area contributed by atoms with Crippen molar-refractivity contribution in [3.8, 4) is 5.75 Å². The molecule has 0 spiro atoms. The van der Waals surface area contributed by atoms with Crippen molar-refractivity contribution < 1.29 is 17.9 Å². The van der Waals surface area contributed by atoms with Crippen LogP contribution in [0.15, 0.2) is 42.5 Å². The number of fused-ring (bicyclic) bond motifs is 1. The summed E-state index contributed by atoms with van der Waals surface area (Å²) in [6, 6.07) is 12.3. The van der Waals surface area contributed by atoms with Gasteiger partial charge in [0.25, 0.3) is 5.91 Å². The Balaban J connectivity index is 1.82. The fourth-order valence-corrected chi connectivity index (χ4v) is 4.16. The maximum Gasteiger partial charge on any atom is 0.265 e. The topological polar surface area (TPSA) is 75.7 Å². The van der Waals surface area contributed by atoms with Gasteiger partial charge >= 0.3 is 0 Å². The lowest BCUT2D eigenvalue weighted by Gasteiger charge is -2.21. The van der Waals surface area contributed by atoms with E-state index in [-0.39, 0.29) is 18.9 Å². The number of nitrogens with zero attached hydrogens (tertiary/aromatic N) is 1. The van der Waals surface area contributed by atoms with Crippen molar-refractivity contribution in [3.05, 3.63) is 53.1 Å². The molecule has 2 aromatic rings. The third kappa shape index (κ3) is 4.59. The summed E-state index contributed by atoms with van der Waals surface area (Å²) in [7, 11) is -3.54. The number of ether oxygens (including phenoxy) is 1. The molecule has 1 aliphatic heterocycles. The van der Waals surface area contributed by atoms with Crippen molar-refractivity contribution in [2.75, 3.05) is 22.4 Å². The van der Waals surface area contributed by atoms with Crippen LogP contribution in [0, 0.1) is 0 Å². The summed E-state index contributed by atoms with van der Waals surface area (Å²) >= 11 is 6.03. The molecule has 1 atom stereocenters. The van der Waals surface area contributed by atoms with Crippen molar-refractivity contribution in [1.29, 1.82) is 0 Å². The van der Waals surface area contributed by atoms with Gasteiger partial charge in [-0.15, -0.1) is 0 Å². The molecule has 0 saturated carbocycles. The fraction of sp³-hybridized carbons (Fsp3) is 0.350. The predicted molar refractivity (Wildman–Crippen MR) is 112 cm³/mol. The van der Waals surface area contributed by atoms with Gasteiger partial charge in [-0.05, 0) is 41.8 Å². The molecule has 1 unspecified atom stereocenters. The molecule has 1 heterocycles. The second-order valence-corrected chi connectivity index (χ2v) is 9.45. The minimum atomic E-state index is -3.54. The van der Waals surface area contributed by atoms with Crippen molar-refractivity contribution >= 4 is 38.9 Å². The van der Waals surface area contributed by atoms with E-state index in [1.807, 2.05) is 24.3 Å². The van der Waals surface area contributed by atoms with E-state index >= 15 is 0 Å². The molecule has 28 heavy (non-hydrogen) atoms. The van der Waals surface area contributed by atoms with Crippen LogP contribution in [-0.2, 0) is 14.8 Å². The maximum absolute atomic E-state index is 12.7. The fourth-order valence-electron chi connectivity index (χ4n) is 3.06. The third-order valence-corrected chi connectivity index (χ3v) is 6.01. The predicted octanol–water partition coefficient (Wildman–Crippen LogP) is 4.02. The molecule has 6 nitrogen and oxygen atoms in total. The van der Waals surface area contributed by atoms with Gasteiger partial charge in [0.1, 0.15) is 5.75 Å². The summed E-state index contributed by atoms with van der Waals surface area (Å²) in [6.45, 7) is 4.32. The highest BCUT2D eigenvalue weighted by Crippen LogP contribution is 2.36. The first-order valence-electron chi connectivity index (χ1n) is 9.00. The zero-order chi connectivity index (χ0) is 20.5. The van der Waals surface area contributed by atoms with Crippen LogP contribution in [0.2, 0.25) is 5.02 Å². The number of amides is 1. The summed E-state index contributed by atoms with van der Waals surface area (Å²) < 4.78 is 31.5. The van der Waals surface area contributed by atoms with Crippen LogP contribution in [0.3, 0.4) is 0 Å². The molecule has 0 radical (unpaired) electrons. The molecular weight excluding hydrogens is 400 g/mol. The van der Waals surface area contributed by atoms with Gasteiger partial charge in [0.2, 0.25) is 10.0 Å². The van der Waals surface area contributed by atoms with Crippen LogP contribution in [0.25, 0.3) is 0 Å². The molecule has 0 bridgehead atoms. The lowest BCUT2D eigenvalue weighted by molar-refractivity contribution is -0.122. The molecule has 0 fully saturated rings. The summed E-state index contributed by atoms with van der Waals surface area (Å²) in [5.74, 6) is 0.386. The van der Waals surface area contributed by atoms with Gasteiger partial charge in [-0.1, -0.05) is 37.6 Å². The molecule has 0 aliphatic carbocycles. The summed E-state index contributed by atoms with van der Waals surface area (Å²) in [5.41, 5.74) is 2.18. The van der Waals surface area contributed by atoms with Crippen molar-refractivity contribution in [3.63, 3.8) is 0 Å². The molecule has 1 N–H and O–H groups in total. The average molecular weight is 423 g/mol. The number of hydrogen-bond acceptors (Lipinski definition) is 4. The van der Waals surface area contributed by atoms with Gasteiger partial charge in [0.15, 0.2) is 6.10 Å². The number of hydrogen-bond donors (Lipinski definition) is 1. The van der Waals surface area contributed by atoms with E-state index in [2.05, 4.69) is 19.2 Å². The number of rotatable bonds is 4. The molecule has 8 heteroatoms. The van der Waals surface area contributed by atoms with Gasteiger partial charge in [-0.2, -0.15) is 0 Å². The molecule has 0 saturated heterocycles. The summed E-state index contributed by atoms with van der Waals surface area (Å²) in [6.07, 6.45) is 0.514. The molecule has 1 aliphatic rings. The number of nitrogens with one attached hydrogen (secondary N) is 1. The molecule has 1 amide bonds. The Kier molecular flexibility index (Phi) is 5.86. The number of carbonyl (C=O) groups is 1. The number of carbonyl (C=O) groups excluding carboxylic acids is 1. The SMILES string of the molecule is CC(C)c1ccc(NC(=O)C2CCN(S(C)(=O)=O)c3cc(Cl)ccc3O2)cc1. The summed E-state index contributed by atoms with van der Waals surface area (Å²) in [4.78, 5) is 12.7. The standard InChI is InChI=1S/C20H23ClN2O4S/c1-13(2)14-4-7-16(8-5-14)22-20(24)19-10-11-23(28(3,25)26)17-12-15(21)6-9-18(17)27-19/h4-9,12-13,19H,10-11H2,1-3H3,(H,22,24). The first kappa shape index (κ1) is 20.5. The Hall–Kier alpha value is -2.25. The minimum absolute atomic E-state index is 0.122. The third-order valence-electron chi connectivity index (χ3n) is 4.59. The zero-order valence-electron chi connectivity index (χ0n) is 16.0. The number of sulfonamides is 1.